The molecule has 0 fully saturated rings. The van der Waals surface area contributed by atoms with E-state index >= 15 is 0 Å². The van der Waals surface area contributed by atoms with Crippen LogP contribution in [-0.4, -0.2) is 26.6 Å². The van der Waals surface area contributed by atoms with Crippen LogP contribution in [0.5, 0.6) is 0 Å². The molecule has 2 heterocycles. The molecule has 2 amide bonds. The van der Waals surface area contributed by atoms with Crippen molar-refractivity contribution in [2.24, 2.45) is 5.73 Å². The lowest BCUT2D eigenvalue weighted by Gasteiger charge is -2.25. The van der Waals surface area contributed by atoms with Crippen molar-refractivity contribution in [3.8, 4) is 11.1 Å². The normalized spacial score (nSPS) is 12.9. The summed E-state index contributed by atoms with van der Waals surface area (Å²) in [6, 6.07) is 7.03. The van der Waals surface area contributed by atoms with E-state index in [0.717, 1.165) is 24.3 Å². The van der Waals surface area contributed by atoms with Gasteiger partial charge < -0.3 is 11.1 Å². The Labute approximate surface area is 240 Å². The Kier molecular flexibility index (Phi) is 9.46. The van der Waals surface area contributed by atoms with Gasteiger partial charge in [0, 0.05) is 17.8 Å². The van der Waals surface area contributed by atoms with Crippen molar-refractivity contribution in [1.82, 2.24) is 20.1 Å². The molecule has 0 unspecified atom stereocenters. The van der Waals surface area contributed by atoms with E-state index in [1.165, 1.54) is 31.3 Å². The molecule has 2 aromatic heterocycles. The fourth-order valence-electron chi connectivity index (χ4n) is 4.69. The summed E-state index contributed by atoms with van der Waals surface area (Å²) in [7, 11) is 0. The maximum atomic E-state index is 14.2. The second-order valence-electron chi connectivity index (χ2n) is 9.50. The summed E-state index contributed by atoms with van der Waals surface area (Å²) in [5, 5.41) is 6.17. The molecule has 2 aromatic carbocycles. The van der Waals surface area contributed by atoms with E-state index in [0.29, 0.717) is 16.8 Å². The number of halogens is 7. The zero-order chi connectivity index (χ0) is 31.4. The molecule has 0 radical (unpaired) electrons. The molecule has 14 heteroatoms. The highest BCUT2D eigenvalue weighted by atomic mass is 19.3. The van der Waals surface area contributed by atoms with Crippen LogP contribution in [0.25, 0.3) is 11.1 Å². The Morgan fingerprint density at radius 1 is 0.953 bits per heavy atom. The van der Waals surface area contributed by atoms with Crippen molar-refractivity contribution in [3.05, 3.63) is 106 Å². The molecule has 226 valence electrons. The molecule has 0 aliphatic carbocycles. The molecule has 7 nitrogen and oxygen atoms in total. The number of carbonyl (C=O) groups is 2. The number of benzene rings is 2. The van der Waals surface area contributed by atoms with Crippen LogP contribution < -0.4 is 11.1 Å². The fraction of sp³-hybridized carbons (Fsp3) is 0.241. The Bertz CT molecular complexity index is 1620. The highest BCUT2D eigenvalue weighted by molar-refractivity contribution is 5.94. The molecule has 4 aromatic rings. The van der Waals surface area contributed by atoms with Gasteiger partial charge in [-0.3, -0.25) is 19.3 Å². The van der Waals surface area contributed by atoms with Gasteiger partial charge in [-0.25, -0.2) is 30.7 Å². The number of nitrogens with two attached hydrogens (primary N) is 1. The second-order valence-corrected chi connectivity index (χ2v) is 9.50. The SMILES string of the molecule is CC[C@@H](C(=O)N[C@@H](Cc1cc(F)cc(F)c1)c1ncccc1-c1ccc(F)c(C(N)=O)c1)n1nc(C(F)F)cc1C(F)F. The fourth-order valence-corrected chi connectivity index (χ4v) is 4.69. The molecular formula is C29H24F7N5O2. The molecule has 0 spiro atoms. The van der Waals surface area contributed by atoms with Gasteiger partial charge in [-0.15, -0.1) is 0 Å². The molecule has 3 N–H and O–H groups in total. The van der Waals surface area contributed by atoms with Crippen LogP contribution in [0.3, 0.4) is 0 Å². The highest BCUT2D eigenvalue weighted by Crippen LogP contribution is 2.32. The molecular weight excluding hydrogens is 583 g/mol. The van der Waals surface area contributed by atoms with Gasteiger partial charge >= 0.3 is 0 Å². The smallest absolute Gasteiger partial charge is 0.282 e. The lowest BCUT2D eigenvalue weighted by atomic mass is 9.94. The van der Waals surface area contributed by atoms with Gasteiger partial charge in [0.25, 0.3) is 18.8 Å². The Balaban J connectivity index is 1.81. The number of aromatic nitrogens is 3. The number of nitrogens with one attached hydrogen (secondary N) is 1. The third-order valence-corrected chi connectivity index (χ3v) is 6.61. The molecule has 4 rings (SSSR count). The Morgan fingerprint density at radius 3 is 2.26 bits per heavy atom. The largest absolute Gasteiger partial charge is 0.366 e. The van der Waals surface area contributed by atoms with Crippen molar-refractivity contribution in [1.29, 1.82) is 0 Å². The van der Waals surface area contributed by atoms with Gasteiger partial charge in [-0.05, 0) is 60.4 Å². The minimum Gasteiger partial charge on any atom is -0.366 e. The number of alkyl halides is 4. The topological polar surface area (TPSA) is 103 Å². The van der Waals surface area contributed by atoms with Crippen LogP contribution in [0, 0.1) is 17.5 Å². The van der Waals surface area contributed by atoms with E-state index in [9.17, 15) is 40.3 Å². The first-order valence-corrected chi connectivity index (χ1v) is 12.8. The number of rotatable bonds is 11. The van der Waals surface area contributed by atoms with Gasteiger partial charge in [-0.2, -0.15) is 5.10 Å². The molecule has 0 saturated carbocycles. The van der Waals surface area contributed by atoms with Crippen molar-refractivity contribution < 1.29 is 40.3 Å². The van der Waals surface area contributed by atoms with Crippen LogP contribution in [-0.2, 0) is 11.2 Å². The van der Waals surface area contributed by atoms with Gasteiger partial charge in [-0.1, -0.05) is 19.1 Å². The summed E-state index contributed by atoms with van der Waals surface area (Å²) in [6.45, 7) is 1.45. The first kappa shape index (κ1) is 31.2. The van der Waals surface area contributed by atoms with E-state index in [1.54, 1.807) is 0 Å². The number of nitrogens with zero attached hydrogens (tertiary/aromatic N) is 3. The van der Waals surface area contributed by atoms with E-state index < -0.39 is 71.2 Å². The number of hydrogen-bond donors (Lipinski definition) is 2. The van der Waals surface area contributed by atoms with E-state index in [1.807, 2.05) is 0 Å². The predicted molar refractivity (Wildman–Crippen MR) is 141 cm³/mol. The number of carbonyl (C=O) groups excluding carboxylic acids is 2. The van der Waals surface area contributed by atoms with Gasteiger partial charge in [0.1, 0.15) is 34.9 Å². The van der Waals surface area contributed by atoms with E-state index in [-0.39, 0.29) is 35.2 Å². The Hall–Kier alpha value is -4.75. The molecule has 0 bridgehead atoms. The maximum absolute atomic E-state index is 14.2. The first-order chi connectivity index (χ1) is 20.4. The molecule has 0 aliphatic heterocycles. The van der Waals surface area contributed by atoms with Gasteiger partial charge in [0.15, 0.2) is 0 Å². The maximum Gasteiger partial charge on any atom is 0.282 e. The van der Waals surface area contributed by atoms with Crippen LogP contribution in [0.1, 0.15) is 71.3 Å². The lowest BCUT2D eigenvalue weighted by molar-refractivity contribution is -0.125. The van der Waals surface area contributed by atoms with Crippen molar-refractivity contribution >= 4 is 11.8 Å². The summed E-state index contributed by atoms with van der Waals surface area (Å²) in [5.74, 6) is -4.67. The summed E-state index contributed by atoms with van der Waals surface area (Å²) in [6.07, 6.45) is -5.47. The quantitative estimate of drug-likeness (QED) is 0.193. The summed E-state index contributed by atoms with van der Waals surface area (Å²) < 4.78 is 96.9. The van der Waals surface area contributed by atoms with Crippen molar-refractivity contribution in [2.45, 2.75) is 44.7 Å². The zero-order valence-corrected chi connectivity index (χ0v) is 22.4. The van der Waals surface area contributed by atoms with Crippen LogP contribution in [0.2, 0.25) is 0 Å². The van der Waals surface area contributed by atoms with Gasteiger partial charge in [0.2, 0.25) is 5.91 Å². The van der Waals surface area contributed by atoms with Crippen molar-refractivity contribution in [3.63, 3.8) is 0 Å². The minimum absolute atomic E-state index is 0.0803. The zero-order valence-electron chi connectivity index (χ0n) is 22.4. The highest BCUT2D eigenvalue weighted by Gasteiger charge is 2.31. The van der Waals surface area contributed by atoms with Crippen LogP contribution in [0.15, 0.2) is 60.8 Å². The molecule has 0 saturated heterocycles. The monoisotopic (exact) mass is 607 g/mol. The lowest BCUT2D eigenvalue weighted by Crippen LogP contribution is -2.37. The molecule has 43 heavy (non-hydrogen) atoms. The second kappa shape index (κ2) is 13.0. The number of primary amides is 1. The standard InChI is InChI=1S/C29H24F7N5O2/c1-2-23(41-24(27(35)36)13-22(40-41)26(33)34)29(43)39-21(10-14-8-16(30)12-17(31)9-14)25-18(4-3-7-38-25)15-5-6-20(32)19(11-15)28(37)42/h3-9,11-13,21,23,26-27H,2,10H2,1H3,(H2,37,42)(H,39,43)/t21-,23-/m0/s1. The predicted octanol–water partition coefficient (Wildman–Crippen LogP) is 6.39. The van der Waals surface area contributed by atoms with Crippen molar-refractivity contribution in [2.75, 3.05) is 0 Å². The third kappa shape index (κ3) is 7.01. The van der Waals surface area contributed by atoms with Crippen LogP contribution >= 0.6 is 0 Å². The average molecular weight is 608 g/mol. The molecule has 0 aliphatic rings. The summed E-state index contributed by atoms with van der Waals surface area (Å²) >= 11 is 0. The summed E-state index contributed by atoms with van der Waals surface area (Å²) in [5.41, 5.74) is 3.71. The Morgan fingerprint density at radius 2 is 1.65 bits per heavy atom. The third-order valence-electron chi connectivity index (χ3n) is 6.61. The van der Waals surface area contributed by atoms with Crippen LogP contribution in [0.4, 0.5) is 30.7 Å². The van der Waals surface area contributed by atoms with E-state index in [2.05, 4.69) is 15.4 Å². The first-order valence-electron chi connectivity index (χ1n) is 12.8. The average Bonchev–Trinajstić information content (AvgIpc) is 3.39. The number of pyridine rings is 1. The number of amides is 2. The minimum atomic E-state index is -3.23. The molecule has 2 atom stereocenters. The van der Waals surface area contributed by atoms with Gasteiger partial charge in [0.05, 0.1) is 17.3 Å². The number of hydrogen-bond acceptors (Lipinski definition) is 4. The van der Waals surface area contributed by atoms with E-state index in [4.69, 9.17) is 5.73 Å². The summed E-state index contributed by atoms with van der Waals surface area (Å²) in [4.78, 5) is 29.7.